The van der Waals surface area contributed by atoms with Gasteiger partial charge in [0.2, 0.25) is 5.91 Å². The molecule has 3 fully saturated rings. The van der Waals surface area contributed by atoms with Gasteiger partial charge in [-0.25, -0.2) is 4.98 Å². The lowest BCUT2D eigenvalue weighted by Crippen LogP contribution is -2.49. The van der Waals surface area contributed by atoms with E-state index in [0.717, 1.165) is 17.8 Å². The molecule has 3 aliphatic carbocycles. The summed E-state index contributed by atoms with van der Waals surface area (Å²) in [6.45, 7) is 0.306. The second-order valence-corrected chi connectivity index (χ2v) is 8.92. The lowest BCUT2D eigenvalue weighted by molar-refractivity contribution is -0.136. The van der Waals surface area contributed by atoms with E-state index in [1.165, 1.54) is 56.3 Å². The number of carbonyl (C=O) groups excluding carboxylic acids is 1. The molecular weight excluding hydrogens is 338 g/mol. The van der Waals surface area contributed by atoms with Crippen LogP contribution in [-0.4, -0.2) is 34.1 Å². The minimum Gasteiger partial charge on any atom is -0.481 e. The average Bonchev–Trinajstić information content (AvgIpc) is 3.02. The number of aromatic nitrogens is 1. The van der Waals surface area contributed by atoms with Gasteiger partial charge < -0.3 is 15.7 Å². The van der Waals surface area contributed by atoms with Gasteiger partial charge in [0.1, 0.15) is 0 Å². The minimum absolute atomic E-state index is 0.0928. The summed E-state index contributed by atoms with van der Waals surface area (Å²) >= 11 is 1.27. The standard InChI is InChI=1S/C18H25N3O3S/c22-15(21-17-20-14(10-25-17)5-16(23)24)9-19-18-6-11-2-1-3-12(7-18)13(4-11)8-18/h10-13,19H,1-9H2,(H,23,24)(H,20,21,22). The fourth-order valence-electron chi connectivity index (χ4n) is 5.40. The molecule has 3 bridgehead atoms. The first-order chi connectivity index (χ1) is 12.0. The first-order valence-electron chi connectivity index (χ1n) is 9.22. The fraction of sp³-hybridized carbons (Fsp3) is 0.722. The molecule has 4 rings (SSSR count). The highest BCUT2D eigenvalue weighted by Crippen LogP contribution is 2.55. The number of fused-ring (bicyclic) bond motifs is 2. The van der Waals surface area contributed by atoms with Crippen molar-refractivity contribution < 1.29 is 14.7 Å². The van der Waals surface area contributed by atoms with Gasteiger partial charge in [-0.05, 0) is 43.4 Å². The molecule has 0 spiro atoms. The molecule has 0 aliphatic heterocycles. The second kappa shape index (κ2) is 6.68. The number of carboxylic acids is 1. The highest BCUT2D eigenvalue weighted by molar-refractivity contribution is 7.13. The Balaban J connectivity index is 1.32. The van der Waals surface area contributed by atoms with E-state index in [-0.39, 0.29) is 17.9 Å². The van der Waals surface area contributed by atoms with Crippen LogP contribution in [0, 0.1) is 17.8 Å². The predicted octanol–water partition coefficient (Wildman–Crippen LogP) is 2.66. The Morgan fingerprint density at radius 3 is 2.96 bits per heavy atom. The van der Waals surface area contributed by atoms with Gasteiger partial charge in [-0.3, -0.25) is 9.59 Å². The van der Waals surface area contributed by atoms with Crippen LogP contribution in [0.3, 0.4) is 0 Å². The second-order valence-electron chi connectivity index (χ2n) is 8.06. The third-order valence-electron chi connectivity index (χ3n) is 6.23. The molecular formula is C18H25N3O3S. The highest BCUT2D eigenvalue weighted by atomic mass is 32.1. The first-order valence-corrected chi connectivity index (χ1v) is 10.1. The van der Waals surface area contributed by atoms with E-state index in [1.54, 1.807) is 5.38 Å². The van der Waals surface area contributed by atoms with Crippen LogP contribution in [-0.2, 0) is 16.0 Å². The van der Waals surface area contributed by atoms with Crippen molar-refractivity contribution in [2.24, 2.45) is 17.8 Å². The summed E-state index contributed by atoms with van der Waals surface area (Å²) in [7, 11) is 0. The summed E-state index contributed by atoms with van der Waals surface area (Å²) in [5.74, 6) is 1.53. The third kappa shape index (κ3) is 3.72. The number of nitrogens with zero attached hydrogens (tertiary/aromatic N) is 1. The summed E-state index contributed by atoms with van der Waals surface area (Å²) in [5.41, 5.74) is 0.644. The Morgan fingerprint density at radius 1 is 1.28 bits per heavy atom. The number of amides is 1. The van der Waals surface area contributed by atoms with E-state index in [9.17, 15) is 9.59 Å². The van der Waals surface area contributed by atoms with Crippen molar-refractivity contribution in [1.82, 2.24) is 10.3 Å². The van der Waals surface area contributed by atoms with Gasteiger partial charge in [0.05, 0.1) is 18.7 Å². The van der Waals surface area contributed by atoms with Gasteiger partial charge in [-0.2, -0.15) is 0 Å². The Morgan fingerprint density at radius 2 is 2.12 bits per heavy atom. The number of rotatable bonds is 6. The van der Waals surface area contributed by atoms with Gasteiger partial charge in [-0.1, -0.05) is 19.3 Å². The Labute approximate surface area is 151 Å². The number of hydrogen-bond acceptors (Lipinski definition) is 5. The number of anilines is 1. The number of hydrogen-bond donors (Lipinski definition) is 3. The maximum atomic E-state index is 12.3. The zero-order chi connectivity index (χ0) is 17.4. The summed E-state index contributed by atoms with van der Waals surface area (Å²) in [5, 5.41) is 17.3. The number of carbonyl (C=O) groups is 2. The molecule has 0 radical (unpaired) electrons. The normalized spacial score (nSPS) is 33.2. The molecule has 0 saturated heterocycles. The molecule has 3 saturated carbocycles. The molecule has 1 heterocycles. The van der Waals surface area contributed by atoms with Crippen LogP contribution >= 0.6 is 11.3 Å². The van der Waals surface area contributed by atoms with Crippen molar-refractivity contribution >= 4 is 28.3 Å². The van der Waals surface area contributed by atoms with Gasteiger partial charge in [0.25, 0.3) is 0 Å². The smallest absolute Gasteiger partial charge is 0.309 e. The topological polar surface area (TPSA) is 91.3 Å². The lowest BCUT2D eigenvalue weighted by Gasteiger charge is -2.38. The molecule has 136 valence electrons. The molecule has 3 N–H and O–H groups in total. The largest absolute Gasteiger partial charge is 0.481 e. The molecule has 1 aromatic heterocycles. The molecule has 6 nitrogen and oxygen atoms in total. The van der Waals surface area contributed by atoms with E-state index in [0.29, 0.717) is 17.4 Å². The van der Waals surface area contributed by atoms with Crippen LogP contribution in [0.5, 0.6) is 0 Å². The van der Waals surface area contributed by atoms with Crippen molar-refractivity contribution in [3.63, 3.8) is 0 Å². The van der Waals surface area contributed by atoms with Crippen LogP contribution in [0.1, 0.15) is 50.6 Å². The molecule has 3 aliphatic rings. The summed E-state index contributed by atoms with van der Waals surface area (Å²) in [6, 6.07) is 0. The molecule has 1 aromatic rings. The molecule has 1 amide bonds. The van der Waals surface area contributed by atoms with Crippen LogP contribution in [0.25, 0.3) is 0 Å². The number of thiazole rings is 1. The monoisotopic (exact) mass is 363 g/mol. The van der Waals surface area contributed by atoms with Crippen LogP contribution in [0.2, 0.25) is 0 Å². The Hall–Kier alpha value is -1.47. The molecule has 4 atom stereocenters. The first kappa shape index (κ1) is 17.0. The average molecular weight is 363 g/mol. The summed E-state index contributed by atoms with van der Waals surface area (Å²) in [4.78, 5) is 27.1. The van der Waals surface area contributed by atoms with Crippen molar-refractivity contribution in [2.75, 3.05) is 11.9 Å². The maximum absolute atomic E-state index is 12.3. The van der Waals surface area contributed by atoms with Crippen molar-refractivity contribution in [3.05, 3.63) is 11.1 Å². The predicted molar refractivity (Wildman–Crippen MR) is 95.6 cm³/mol. The van der Waals surface area contributed by atoms with Gasteiger partial charge in [-0.15, -0.1) is 11.3 Å². The third-order valence-corrected chi connectivity index (χ3v) is 7.04. The minimum atomic E-state index is -0.914. The fourth-order valence-corrected chi connectivity index (χ4v) is 6.13. The van der Waals surface area contributed by atoms with E-state index < -0.39 is 5.97 Å². The molecule has 0 aromatic carbocycles. The summed E-state index contributed by atoms with van der Waals surface area (Å²) < 4.78 is 0. The zero-order valence-electron chi connectivity index (χ0n) is 14.3. The number of nitrogens with one attached hydrogen (secondary N) is 2. The van der Waals surface area contributed by atoms with E-state index in [1.807, 2.05) is 0 Å². The number of carboxylic acid groups (broad SMARTS) is 1. The highest BCUT2D eigenvalue weighted by Gasteiger charge is 2.51. The quantitative estimate of drug-likeness (QED) is 0.723. The van der Waals surface area contributed by atoms with E-state index >= 15 is 0 Å². The van der Waals surface area contributed by atoms with Crippen LogP contribution in [0.4, 0.5) is 5.13 Å². The summed E-state index contributed by atoms with van der Waals surface area (Å²) in [6.07, 6.45) is 9.04. The SMILES string of the molecule is O=C(O)Cc1csc(NC(=O)CNC23CC4CCCC(C2)C(C4)C3)n1. The lowest BCUT2D eigenvalue weighted by atomic mass is 9.75. The van der Waals surface area contributed by atoms with Crippen LogP contribution < -0.4 is 10.6 Å². The van der Waals surface area contributed by atoms with Gasteiger partial charge in [0.15, 0.2) is 5.13 Å². The van der Waals surface area contributed by atoms with Crippen molar-refractivity contribution in [3.8, 4) is 0 Å². The van der Waals surface area contributed by atoms with E-state index in [4.69, 9.17) is 5.11 Å². The molecule has 7 heteroatoms. The van der Waals surface area contributed by atoms with Crippen LogP contribution in [0.15, 0.2) is 5.38 Å². The van der Waals surface area contributed by atoms with Crippen molar-refractivity contribution in [1.29, 1.82) is 0 Å². The van der Waals surface area contributed by atoms with Crippen molar-refractivity contribution in [2.45, 2.75) is 56.9 Å². The maximum Gasteiger partial charge on any atom is 0.309 e. The Kier molecular flexibility index (Phi) is 4.54. The number of aliphatic carboxylic acids is 1. The zero-order valence-corrected chi connectivity index (χ0v) is 15.1. The Bertz CT molecular complexity index is 672. The molecule has 25 heavy (non-hydrogen) atoms. The molecule has 4 unspecified atom stereocenters. The van der Waals surface area contributed by atoms with Gasteiger partial charge >= 0.3 is 5.97 Å². The van der Waals surface area contributed by atoms with Gasteiger partial charge in [0, 0.05) is 10.9 Å². The van der Waals surface area contributed by atoms with E-state index in [2.05, 4.69) is 15.6 Å².